The van der Waals surface area contributed by atoms with Crippen LogP contribution in [0, 0.1) is 12.8 Å². The van der Waals surface area contributed by atoms with E-state index >= 15 is 0 Å². The van der Waals surface area contributed by atoms with Crippen LogP contribution >= 0.6 is 0 Å². The van der Waals surface area contributed by atoms with Gasteiger partial charge in [0.15, 0.2) is 0 Å². The van der Waals surface area contributed by atoms with Crippen molar-refractivity contribution >= 4 is 17.6 Å². The largest absolute Gasteiger partial charge is 0.487 e. The molecule has 6 nitrogen and oxygen atoms in total. The fourth-order valence-electron chi connectivity index (χ4n) is 3.36. The number of benzene rings is 1. The second kappa shape index (κ2) is 8.77. The molecular formula is C22H25F2N3O3. The summed E-state index contributed by atoms with van der Waals surface area (Å²) in [6.07, 6.45) is -1.03. The van der Waals surface area contributed by atoms with Crippen molar-refractivity contribution < 1.29 is 23.1 Å². The molecule has 0 bridgehead atoms. The summed E-state index contributed by atoms with van der Waals surface area (Å²) in [5.74, 6) is 0.287. The lowest BCUT2D eigenvalue weighted by molar-refractivity contribution is -0.118. The van der Waals surface area contributed by atoms with Gasteiger partial charge in [0.05, 0.1) is 12.6 Å². The van der Waals surface area contributed by atoms with Crippen LogP contribution in [0.25, 0.3) is 0 Å². The summed E-state index contributed by atoms with van der Waals surface area (Å²) in [4.78, 5) is 31.0. The number of anilines is 1. The smallest absolute Gasteiger partial charge is 0.272 e. The summed E-state index contributed by atoms with van der Waals surface area (Å²) in [5, 5.41) is 2.79. The summed E-state index contributed by atoms with van der Waals surface area (Å²) in [6, 6.07) is 6.65. The molecule has 1 unspecified atom stereocenters. The van der Waals surface area contributed by atoms with E-state index in [0.717, 1.165) is 11.1 Å². The summed E-state index contributed by atoms with van der Waals surface area (Å²) >= 11 is 0. The minimum Gasteiger partial charge on any atom is -0.487 e. The van der Waals surface area contributed by atoms with Crippen molar-refractivity contribution in [2.24, 2.45) is 5.92 Å². The van der Waals surface area contributed by atoms with E-state index in [-0.39, 0.29) is 23.8 Å². The number of ether oxygens (including phenoxy) is 1. The van der Waals surface area contributed by atoms with Gasteiger partial charge in [-0.2, -0.15) is 0 Å². The third-order valence-corrected chi connectivity index (χ3v) is 5.16. The molecule has 160 valence electrons. The average Bonchev–Trinajstić information content (AvgIpc) is 3.04. The number of pyridine rings is 1. The molecule has 30 heavy (non-hydrogen) atoms. The Morgan fingerprint density at radius 2 is 2.00 bits per heavy atom. The highest BCUT2D eigenvalue weighted by atomic mass is 19.3. The van der Waals surface area contributed by atoms with Crippen molar-refractivity contribution in [3.8, 4) is 5.75 Å². The van der Waals surface area contributed by atoms with Gasteiger partial charge in [-0.25, -0.2) is 13.8 Å². The molecule has 0 fully saturated rings. The summed E-state index contributed by atoms with van der Waals surface area (Å²) in [7, 11) is 0. The van der Waals surface area contributed by atoms with Crippen molar-refractivity contribution in [1.29, 1.82) is 0 Å². The maximum absolute atomic E-state index is 13.0. The summed E-state index contributed by atoms with van der Waals surface area (Å²) in [6.45, 7) is 6.91. The van der Waals surface area contributed by atoms with Gasteiger partial charge in [0.2, 0.25) is 5.91 Å². The molecule has 0 saturated heterocycles. The number of nitrogens with one attached hydrogen (secondary N) is 1. The van der Waals surface area contributed by atoms with E-state index in [9.17, 15) is 18.4 Å². The maximum atomic E-state index is 13.0. The lowest BCUT2D eigenvalue weighted by atomic mass is 10.0. The van der Waals surface area contributed by atoms with Crippen molar-refractivity contribution in [3.63, 3.8) is 0 Å². The Labute approximate surface area is 174 Å². The third-order valence-electron chi connectivity index (χ3n) is 5.16. The molecule has 2 heterocycles. The molecule has 1 atom stereocenters. The first-order chi connectivity index (χ1) is 14.2. The van der Waals surface area contributed by atoms with Gasteiger partial charge < -0.3 is 15.0 Å². The fourth-order valence-corrected chi connectivity index (χ4v) is 3.36. The number of nitrogens with zero attached hydrogens (tertiary/aromatic N) is 2. The minimum absolute atomic E-state index is 0.143. The van der Waals surface area contributed by atoms with Crippen LogP contribution in [0.15, 0.2) is 30.5 Å². The minimum atomic E-state index is -2.54. The Kier molecular flexibility index (Phi) is 6.34. The van der Waals surface area contributed by atoms with E-state index in [4.69, 9.17) is 4.74 Å². The van der Waals surface area contributed by atoms with Gasteiger partial charge in [0.25, 0.3) is 12.3 Å². The van der Waals surface area contributed by atoms with Crippen LogP contribution < -0.4 is 10.1 Å². The Morgan fingerprint density at radius 3 is 2.63 bits per heavy atom. The SMILES string of the molecule is Cc1cc(C(C)N2Cc3c(ccnc3NC(=O)C(C)C)C2=O)ccc1OCC(F)F. The first kappa shape index (κ1) is 21.7. The van der Waals surface area contributed by atoms with Crippen LogP contribution in [0.4, 0.5) is 14.6 Å². The molecule has 0 saturated carbocycles. The first-order valence-corrected chi connectivity index (χ1v) is 9.80. The number of amides is 2. The number of alkyl halides is 2. The van der Waals surface area contributed by atoms with Crippen LogP contribution in [0.2, 0.25) is 0 Å². The topological polar surface area (TPSA) is 71.5 Å². The molecular weight excluding hydrogens is 392 g/mol. The molecule has 1 aliphatic rings. The van der Waals surface area contributed by atoms with Crippen LogP contribution in [0.5, 0.6) is 5.75 Å². The monoisotopic (exact) mass is 417 g/mol. The molecule has 1 N–H and O–H groups in total. The Balaban J connectivity index is 1.80. The number of fused-ring (bicyclic) bond motifs is 1. The van der Waals surface area contributed by atoms with Crippen LogP contribution in [0.1, 0.15) is 53.9 Å². The second-order valence-corrected chi connectivity index (χ2v) is 7.67. The van der Waals surface area contributed by atoms with Gasteiger partial charge in [0.1, 0.15) is 18.2 Å². The third kappa shape index (κ3) is 4.42. The Hall–Kier alpha value is -3.03. The molecule has 3 rings (SSSR count). The molecule has 0 radical (unpaired) electrons. The molecule has 0 spiro atoms. The quantitative estimate of drug-likeness (QED) is 0.727. The van der Waals surface area contributed by atoms with Crippen LogP contribution in [-0.4, -0.2) is 34.7 Å². The van der Waals surface area contributed by atoms with Crippen molar-refractivity contribution in [1.82, 2.24) is 9.88 Å². The molecule has 2 amide bonds. The first-order valence-electron chi connectivity index (χ1n) is 9.80. The highest BCUT2D eigenvalue weighted by molar-refractivity contribution is 6.01. The molecule has 8 heteroatoms. The Bertz CT molecular complexity index is 963. The number of rotatable bonds is 7. The lowest BCUT2D eigenvalue weighted by Gasteiger charge is -2.25. The standard InChI is InChI=1S/C22H25F2N3O3/c1-12(2)21(28)26-20-17-10-27(22(29)16(17)7-8-25-20)14(4)15-5-6-18(13(3)9-15)30-11-19(23)24/h5-9,12,14,19H,10-11H2,1-4H3,(H,25,26,28). The number of aryl methyl sites for hydroxylation is 1. The highest BCUT2D eigenvalue weighted by Crippen LogP contribution is 2.35. The number of carbonyl (C=O) groups excluding carboxylic acids is 2. The van der Waals surface area contributed by atoms with E-state index < -0.39 is 13.0 Å². The van der Waals surface area contributed by atoms with E-state index in [1.165, 1.54) is 6.20 Å². The zero-order valence-corrected chi connectivity index (χ0v) is 17.4. The number of carbonyl (C=O) groups is 2. The van der Waals surface area contributed by atoms with E-state index in [1.54, 1.807) is 43.9 Å². The van der Waals surface area contributed by atoms with Gasteiger partial charge in [0, 0.05) is 23.2 Å². The number of halogens is 2. The van der Waals surface area contributed by atoms with Gasteiger partial charge in [-0.1, -0.05) is 26.0 Å². The average molecular weight is 417 g/mol. The molecule has 1 aliphatic heterocycles. The Morgan fingerprint density at radius 1 is 1.27 bits per heavy atom. The molecule has 0 aliphatic carbocycles. The van der Waals surface area contributed by atoms with Crippen molar-refractivity contribution in [2.45, 2.75) is 46.7 Å². The molecule has 1 aromatic heterocycles. The van der Waals surface area contributed by atoms with Gasteiger partial charge in [-0.3, -0.25) is 9.59 Å². The van der Waals surface area contributed by atoms with Crippen molar-refractivity contribution in [3.05, 3.63) is 52.7 Å². The normalized spacial score (nSPS) is 14.3. The highest BCUT2D eigenvalue weighted by Gasteiger charge is 2.34. The number of hydrogen-bond acceptors (Lipinski definition) is 4. The van der Waals surface area contributed by atoms with Crippen LogP contribution in [0.3, 0.4) is 0 Å². The van der Waals surface area contributed by atoms with E-state index in [0.29, 0.717) is 29.2 Å². The fraction of sp³-hybridized carbons (Fsp3) is 0.409. The van der Waals surface area contributed by atoms with Crippen LogP contribution in [-0.2, 0) is 11.3 Å². The maximum Gasteiger partial charge on any atom is 0.272 e. The molecule has 1 aromatic carbocycles. The summed E-state index contributed by atoms with van der Waals surface area (Å²) < 4.78 is 29.9. The van der Waals surface area contributed by atoms with Crippen molar-refractivity contribution in [2.75, 3.05) is 11.9 Å². The second-order valence-electron chi connectivity index (χ2n) is 7.67. The zero-order chi connectivity index (χ0) is 22.0. The number of hydrogen-bond donors (Lipinski definition) is 1. The number of aromatic nitrogens is 1. The summed E-state index contributed by atoms with van der Waals surface area (Å²) in [5.41, 5.74) is 2.79. The van der Waals surface area contributed by atoms with Gasteiger partial charge in [-0.15, -0.1) is 0 Å². The van der Waals surface area contributed by atoms with E-state index in [1.807, 2.05) is 13.0 Å². The zero-order valence-electron chi connectivity index (χ0n) is 17.4. The predicted molar refractivity (Wildman–Crippen MR) is 109 cm³/mol. The van der Waals surface area contributed by atoms with Gasteiger partial charge in [-0.05, 0) is 37.1 Å². The molecule has 2 aromatic rings. The van der Waals surface area contributed by atoms with E-state index in [2.05, 4.69) is 10.3 Å². The van der Waals surface area contributed by atoms with Gasteiger partial charge >= 0.3 is 0 Å². The lowest BCUT2D eigenvalue weighted by Crippen LogP contribution is -2.27. The predicted octanol–water partition coefficient (Wildman–Crippen LogP) is 4.35.